The molecular weight excluding hydrogens is 593 g/mol. The number of carbonyl (C=O) groups excluding carboxylic acids is 3. The average molecular weight is 623 g/mol. The number of para-hydroxylation sites is 2. The fourth-order valence-electron chi connectivity index (χ4n) is 4.92. The van der Waals surface area contributed by atoms with E-state index in [9.17, 15) is 14.4 Å². The lowest BCUT2D eigenvalue weighted by molar-refractivity contribution is -0.116. The molecule has 0 fully saturated rings. The van der Waals surface area contributed by atoms with Crippen LogP contribution in [0.5, 0.6) is 0 Å². The first kappa shape index (κ1) is 30.2. The van der Waals surface area contributed by atoms with Crippen LogP contribution in [0.1, 0.15) is 26.7 Å². The molecule has 4 N–H and O–H groups in total. The van der Waals surface area contributed by atoms with Crippen LogP contribution in [0.3, 0.4) is 0 Å². The van der Waals surface area contributed by atoms with E-state index >= 15 is 0 Å². The van der Waals surface area contributed by atoms with Gasteiger partial charge in [-0.25, -0.2) is 0 Å². The fourth-order valence-corrected chi connectivity index (χ4v) is 6.01. The van der Waals surface area contributed by atoms with E-state index in [2.05, 4.69) is 20.9 Å². The number of hydrogen-bond acceptors (Lipinski definition) is 4. The molecule has 1 aromatic heterocycles. The maximum Gasteiger partial charge on any atom is 0.272 e. The zero-order valence-corrected chi connectivity index (χ0v) is 25.5. The Morgan fingerprint density at radius 3 is 2.09 bits per heavy atom. The molecule has 3 amide bonds. The lowest BCUT2D eigenvalue weighted by atomic mass is 10.1. The van der Waals surface area contributed by atoms with Crippen LogP contribution in [0.2, 0.25) is 0 Å². The molecule has 0 aliphatic rings. The Bertz CT molecular complexity index is 2010. The van der Waals surface area contributed by atoms with E-state index in [-0.39, 0.29) is 11.6 Å². The van der Waals surface area contributed by atoms with Crippen LogP contribution in [0.4, 0.5) is 11.4 Å². The summed E-state index contributed by atoms with van der Waals surface area (Å²) in [5.41, 5.74) is 4.26. The third-order valence-corrected chi connectivity index (χ3v) is 8.43. The van der Waals surface area contributed by atoms with Crippen molar-refractivity contribution in [3.05, 3.63) is 168 Å². The van der Waals surface area contributed by atoms with Crippen LogP contribution in [0, 0.1) is 0 Å². The van der Waals surface area contributed by atoms with Crippen LogP contribution >= 0.6 is 11.8 Å². The lowest BCUT2D eigenvalue weighted by Crippen LogP contribution is -2.30. The molecule has 0 aliphatic heterocycles. The standard InChI is InChI=1S/C38H30N4O3S/c43-36(27-15-6-2-7-16-27)42-34(23-28-25-39-33-22-11-10-21-32(28)33)37(44)41-30-19-12-20-31(24-30)46-35(26-13-4-1-5-14-26)38(45)40-29-17-8-3-9-18-29/h1-25,35,39H,(H,40,45)(H,41,44)(H,42,43)/b34-23-. The highest BCUT2D eigenvalue weighted by Crippen LogP contribution is 2.37. The second-order valence-electron chi connectivity index (χ2n) is 10.4. The monoisotopic (exact) mass is 622 g/mol. The predicted molar refractivity (Wildman–Crippen MR) is 185 cm³/mol. The first-order chi connectivity index (χ1) is 22.5. The van der Waals surface area contributed by atoms with Crippen LogP contribution in [0.15, 0.2) is 156 Å². The van der Waals surface area contributed by atoms with E-state index in [4.69, 9.17) is 0 Å². The summed E-state index contributed by atoms with van der Waals surface area (Å²) in [6.45, 7) is 0. The Morgan fingerprint density at radius 2 is 1.33 bits per heavy atom. The Morgan fingerprint density at radius 1 is 0.674 bits per heavy atom. The molecule has 46 heavy (non-hydrogen) atoms. The number of benzene rings is 5. The Balaban J connectivity index is 1.25. The van der Waals surface area contributed by atoms with Gasteiger partial charge < -0.3 is 20.9 Å². The first-order valence-electron chi connectivity index (χ1n) is 14.7. The summed E-state index contributed by atoms with van der Waals surface area (Å²) in [4.78, 5) is 44.3. The largest absolute Gasteiger partial charge is 0.361 e. The molecule has 1 unspecified atom stereocenters. The van der Waals surface area contributed by atoms with Gasteiger partial charge in [0.05, 0.1) is 0 Å². The zero-order chi connectivity index (χ0) is 31.7. The Kier molecular flexibility index (Phi) is 9.37. The van der Waals surface area contributed by atoms with E-state index in [1.165, 1.54) is 11.8 Å². The number of nitrogens with one attached hydrogen (secondary N) is 4. The summed E-state index contributed by atoms with van der Waals surface area (Å²) < 4.78 is 0. The Labute approximate surface area is 270 Å². The van der Waals surface area contributed by atoms with Gasteiger partial charge in [0.15, 0.2) is 0 Å². The first-order valence-corrected chi connectivity index (χ1v) is 15.5. The van der Waals surface area contributed by atoms with Crippen molar-refractivity contribution < 1.29 is 14.4 Å². The number of carbonyl (C=O) groups is 3. The van der Waals surface area contributed by atoms with Crippen molar-refractivity contribution in [3.8, 4) is 0 Å². The second kappa shape index (κ2) is 14.3. The van der Waals surface area contributed by atoms with Crippen LogP contribution < -0.4 is 16.0 Å². The minimum atomic E-state index is -0.546. The van der Waals surface area contributed by atoms with E-state index in [1.807, 2.05) is 109 Å². The molecule has 6 rings (SSSR count). The minimum Gasteiger partial charge on any atom is -0.361 e. The average Bonchev–Trinajstić information content (AvgIpc) is 3.51. The number of fused-ring (bicyclic) bond motifs is 1. The molecule has 0 bridgehead atoms. The van der Waals surface area contributed by atoms with E-state index < -0.39 is 17.1 Å². The highest BCUT2D eigenvalue weighted by molar-refractivity contribution is 8.00. The van der Waals surface area contributed by atoms with Crippen LogP contribution in [-0.4, -0.2) is 22.7 Å². The quantitative estimate of drug-likeness (QED) is 0.0917. The van der Waals surface area contributed by atoms with Gasteiger partial charge in [0.2, 0.25) is 5.91 Å². The van der Waals surface area contributed by atoms with Crippen molar-refractivity contribution in [2.75, 3.05) is 10.6 Å². The van der Waals surface area contributed by atoms with E-state index in [1.54, 1.807) is 42.6 Å². The summed E-state index contributed by atoms with van der Waals surface area (Å²) in [5, 5.41) is 9.12. The Hall–Kier alpha value is -5.86. The van der Waals surface area contributed by atoms with Gasteiger partial charge in [-0.15, -0.1) is 11.8 Å². The predicted octanol–water partition coefficient (Wildman–Crippen LogP) is 8.05. The molecule has 0 aliphatic carbocycles. The number of hydrogen-bond donors (Lipinski definition) is 4. The third kappa shape index (κ3) is 7.43. The topological polar surface area (TPSA) is 103 Å². The molecule has 7 nitrogen and oxygen atoms in total. The minimum absolute atomic E-state index is 0.0843. The molecule has 1 atom stereocenters. The van der Waals surface area contributed by atoms with Crippen molar-refractivity contribution in [1.82, 2.24) is 10.3 Å². The summed E-state index contributed by atoms with van der Waals surface area (Å²) >= 11 is 1.38. The highest BCUT2D eigenvalue weighted by atomic mass is 32.2. The summed E-state index contributed by atoms with van der Waals surface area (Å²) in [6.07, 6.45) is 3.46. The van der Waals surface area contributed by atoms with E-state index in [0.29, 0.717) is 16.9 Å². The van der Waals surface area contributed by atoms with Crippen molar-refractivity contribution in [2.24, 2.45) is 0 Å². The zero-order valence-electron chi connectivity index (χ0n) is 24.6. The number of thioether (sulfide) groups is 1. The van der Waals surface area contributed by atoms with Crippen molar-refractivity contribution >= 4 is 57.8 Å². The molecule has 6 aromatic rings. The lowest BCUT2D eigenvalue weighted by Gasteiger charge is -2.18. The number of rotatable bonds is 10. The van der Waals surface area contributed by atoms with Gasteiger partial charge in [0.1, 0.15) is 10.9 Å². The highest BCUT2D eigenvalue weighted by Gasteiger charge is 2.23. The molecule has 226 valence electrons. The normalized spacial score (nSPS) is 11.9. The van der Waals surface area contributed by atoms with Crippen molar-refractivity contribution in [1.29, 1.82) is 0 Å². The SMILES string of the molecule is O=C(Nc1cccc(SC(C(=O)Nc2ccccc2)c2ccccc2)c1)/C(=C/c1c[nH]c2ccccc12)NC(=O)c1ccccc1. The maximum atomic E-state index is 13.7. The van der Waals surface area contributed by atoms with Gasteiger partial charge in [-0.1, -0.05) is 91.0 Å². The summed E-state index contributed by atoms with van der Waals surface area (Å²) in [7, 11) is 0. The van der Waals surface area contributed by atoms with Crippen molar-refractivity contribution in [3.63, 3.8) is 0 Å². The maximum absolute atomic E-state index is 13.7. The number of H-pyrrole nitrogens is 1. The molecular formula is C38H30N4O3S. The van der Waals surface area contributed by atoms with Gasteiger partial charge >= 0.3 is 0 Å². The molecule has 0 spiro atoms. The van der Waals surface area contributed by atoms with Gasteiger partial charge in [-0.3, -0.25) is 14.4 Å². The molecule has 8 heteroatoms. The third-order valence-electron chi connectivity index (χ3n) is 7.18. The van der Waals surface area contributed by atoms with Gasteiger partial charge in [0, 0.05) is 44.5 Å². The number of amides is 3. The molecule has 0 saturated carbocycles. The number of aromatic nitrogens is 1. The molecule has 0 radical (unpaired) electrons. The molecule has 0 saturated heterocycles. The molecule has 1 heterocycles. The van der Waals surface area contributed by atoms with Gasteiger partial charge in [0.25, 0.3) is 11.8 Å². The van der Waals surface area contributed by atoms with E-state index in [0.717, 1.165) is 26.9 Å². The fraction of sp³-hybridized carbons (Fsp3) is 0.0263. The second-order valence-corrected chi connectivity index (χ2v) is 11.6. The van der Waals surface area contributed by atoms with Crippen molar-refractivity contribution in [2.45, 2.75) is 10.1 Å². The summed E-state index contributed by atoms with van der Waals surface area (Å²) in [5.74, 6) is -1.05. The van der Waals surface area contributed by atoms with Gasteiger partial charge in [-0.05, 0) is 60.2 Å². The number of anilines is 2. The van der Waals surface area contributed by atoms with Gasteiger partial charge in [-0.2, -0.15) is 0 Å². The van der Waals surface area contributed by atoms with Crippen LogP contribution in [-0.2, 0) is 9.59 Å². The smallest absolute Gasteiger partial charge is 0.272 e. The number of aromatic amines is 1. The van der Waals surface area contributed by atoms with Crippen LogP contribution in [0.25, 0.3) is 17.0 Å². The summed E-state index contributed by atoms with van der Waals surface area (Å²) in [6, 6.07) is 42.7. The molecule has 5 aromatic carbocycles.